The second kappa shape index (κ2) is 8.11. The zero-order chi connectivity index (χ0) is 21.7. The molecule has 168 valence electrons. The maximum atomic E-state index is 5.95. The third-order valence-electron chi connectivity index (χ3n) is 6.54. The molecule has 3 aromatic rings. The SMILES string of the molecule is CN1c2c(cnn2C2CCOCC2)C(c2ccc3sc(N)nc3c2)=NC1N1CCOCC1. The molecule has 5 heterocycles. The predicted octanol–water partition coefficient (Wildman–Crippen LogP) is 2.33. The molecule has 3 aliphatic rings. The highest BCUT2D eigenvalue weighted by Crippen LogP contribution is 2.36. The number of hydrogen-bond donors (Lipinski definition) is 1. The summed E-state index contributed by atoms with van der Waals surface area (Å²) in [7, 11) is 2.13. The zero-order valence-corrected chi connectivity index (χ0v) is 18.9. The van der Waals surface area contributed by atoms with Gasteiger partial charge >= 0.3 is 0 Å². The largest absolute Gasteiger partial charge is 0.381 e. The lowest BCUT2D eigenvalue weighted by atomic mass is 10.0. The van der Waals surface area contributed by atoms with Crippen molar-refractivity contribution >= 4 is 38.2 Å². The predicted molar refractivity (Wildman–Crippen MR) is 126 cm³/mol. The summed E-state index contributed by atoms with van der Waals surface area (Å²) >= 11 is 1.51. The Morgan fingerprint density at radius 3 is 2.69 bits per heavy atom. The maximum absolute atomic E-state index is 5.95. The van der Waals surface area contributed by atoms with Gasteiger partial charge in [0.15, 0.2) is 11.4 Å². The third-order valence-corrected chi connectivity index (χ3v) is 7.40. The Morgan fingerprint density at radius 1 is 1.09 bits per heavy atom. The first kappa shape index (κ1) is 20.1. The number of thiazole rings is 1. The summed E-state index contributed by atoms with van der Waals surface area (Å²) in [6.07, 6.45) is 3.81. The molecule has 0 bridgehead atoms. The summed E-state index contributed by atoms with van der Waals surface area (Å²) in [4.78, 5) is 14.4. The fraction of sp³-hybridized carbons (Fsp3) is 0.500. The molecule has 32 heavy (non-hydrogen) atoms. The van der Waals surface area contributed by atoms with Crippen LogP contribution in [-0.2, 0) is 9.47 Å². The third kappa shape index (κ3) is 3.38. The molecule has 1 atom stereocenters. The minimum Gasteiger partial charge on any atom is -0.381 e. The molecule has 0 amide bonds. The fourth-order valence-electron chi connectivity index (χ4n) is 4.91. The van der Waals surface area contributed by atoms with Crippen molar-refractivity contribution in [2.24, 2.45) is 4.99 Å². The second-order valence-electron chi connectivity index (χ2n) is 8.49. The number of morpholine rings is 1. The summed E-state index contributed by atoms with van der Waals surface area (Å²) in [6.45, 7) is 4.72. The lowest BCUT2D eigenvalue weighted by molar-refractivity contribution is 0.0178. The molecule has 6 rings (SSSR count). The van der Waals surface area contributed by atoms with Gasteiger partial charge in [0.05, 0.1) is 46.9 Å². The number of aliphatic imine (C=N–C) groups is 1. The average molecular weight is 454 g/mol. The van der Waals surface area contributed by atoms with Gasteiger partial charge in [-0.25, -0.2) is 14.7 Å². The standard InChI is InChI=1S/C22H27N7O2S/c1-27-20-16(13-24-29(20)15-4-8-30-9-5-15)19(26-22(27)28-6-10-31-11-7-28)14-2-3-18-17(12-14)25-21(23)32-18/h2-3,12-13,15,22H,4-11H2,1H3,(H2,23,25). The van der Waals surface area contributed by atoms with E-state index in [2.05, 4.69) is 44.7 Å². The Labute approximate surface area is 190 Å². The molecule has 0 aliphatic carbocycles. The van der Waals surface area contributed by atoms with E-state index in [-0.39, 0.29) is 6.29 Å². The van der Waals surface area contributed by atoms with E-state index in [0.717, 1.165) is 85.2 Å². The highest BCUT2D eigenvalue weighted by molar-refractivity contribution is 7.22. The van der Waals surface area contributed by atoms with Crippen LogP contribution in [0.4, 0.5) is 10.9 Å². The number of aromatic nitrogens is 3. The number of anilines is 2. The first-order valence-electron chi connectivity index (χ1n) is 11.1. The van der Waals surface area contributed by atoms with Gasteiger partial charge in [0.1, 0.15) is 5.82 Å². The van der Waals surface area contributed by atoms with Crippen molar-refractivity contribution in [2.45, 2.75) is 25.2 Å². The number of fused-ring (bicyclic) bond motifs is 2. The van der Waals surface area contributed by atoms with Crippen molar-refractivity contribution in [1.29, 1.82) is 0 Å². The molecular formula is C22H27N7O2S. The van der Waals surface area contributed by atoms with Crippen LogP contribution in [0.1, 0.15) is 30.0 Å². The molecule has 0 spiro atoms. The van der Waals surface area contributed by atoms with E-state index >= 15 is 0 Å². The number of nitrogens with zero attached hydrogens (tertiary/aromatic N) is 6. The van der Waals surface area contributed by atoms with E-state index in [1.165, 1.54) is 11.3 Å². The summed E-state index contributed by atoms with van der Waals surface area (Å²) in [5.41, 5.74) is 9.92. The van der Waals surface area contributed by atoms with Crippen LogP contribution in [0, 0.1) is 0 Å². The number of ether oxygens (including phenoxy) is 2. The van der Waals surface area contributed by atoms with Crippen molar-refractivity contribution in [2.75, 3.05) is 57.2 Å². The van der Waals surface area contributed by atoms with Gasteiger partial charge < -0.3 is 20.1 Å². The maximum Gasteiger partial charge on any atom is 0.181 e. The van der Waals surface area contributed by atoms with Gasteiger partial charge in [-0.15, -0.1) is 0 Å². The van der Waals surface area contributed by atoms with Crippen LogP contribution < -0.4 is 10.6 Å². The van der Waals surface area contributed by atoms with Crippen molar-refractivity contribution in [3.8, 4) is 0 Å². The van der Waals surface area contributed by atoms with E-state index in [1.807, 2.05) is 6.20 Å². The van der Waals surface area contributed by atoms with Crippen molar-refractivity contribution in [3.63, 3.8) is 0 Å². The van der Waals surface area contributed by atoms with Crippen LogP contribution in [0.25, 0.3) is 10.2 Å². The van der Waals surface area contributed by atoms with Crippen LogP contribution in [0.15, 0.2) is 29.4 Å². The number of benzene rings is 1. The van der Waals surface area contributed by atoms with Crippen LogP contribution in [-0.4, -0.2) is 78.2 Å². The quantitative estimate of drug-likeness (QED) is 0.650. The van der Waals surface area contributed by atoms with Crippen LogP contribution >= 0.6 is 11.3 Å². The highest BCUT2D eigenvalue weighted by atomic mass is 32.1. The van der Waals surface area contributed by atoms with Gasteiger partial charge in [0.2, 0.25) is 0 Å². The molecule has 1 aromatic carbocycles. The Balaban J connectivity index is 1.47. The molecule has 1 unspecified atom stereocenters. The molecule has 2 saturated heterocycles. The number of rotatable bonds is 3. The van der Waals surface area contributed by atoms with Gasteiger partial charge in [0.25, 0.3) is 0 Å². The van der Waals surface area contributed by atoms with Gasteiger partial charge in [-0.05, 0) is 25.0 Å². The molecule has 3 aliphatic heterocycles. The molecule has 2 N–H and O–H groups in total. The van der Waals surface area contributed by atoms with Crippen molar-refractivity contribution in [3.05, 3.63) is 35.5 Å². The van der Waals surface area contributed by atoms with Crippen molar-refractivity contribution < 1.29 is 9.47 Å². The smallest absolute Gasteiger partial charge is 0.181 e. The van der Waals surface area contributed by atoms with Crippen LogP contribution in [0.3, 0.4) is 0 Å². The summed E-state index contributed by atoms with van der Waals surface area (Å²) in [6, 6.07) is 6.64. The Kier molecular flexibility index (Phi) is 5.09. The summed E-state index contributed by atoms with van der Waals surface area (Å²) < 4.78 is 14.5. The van der Waals surface area contributed by atoms with Gasteiger partial charge in [-0.3, -0.25) is 4.90 Å². The lowest BCUT2D eigenvalue weighted by Crippen LogP contribution is -2.53. The fourth-order valence-corrected chi connectivity index (χ4v) is 5.62. The number of hydrogen-bond acceptors (Lipinski definition) is 9. The Hall–Kier alpha value is -2.53. The molecule has 10 heteroatoms. The highest BCUT2D eigenvalue weighted by Gasteiger charge is 2.36. The molecule has 0 radical (unpaired) electrons. The van der Waals surface area contributed by atoms with Crippen LogP contribution in [0.2, 0.25) is 0 Å². The molecular weight excluding hydrogens is 426 g/mol. The van der Waals surface area contributed by atoms with E-state index in [0.29, 0.717) is 11.2 Å². The van der Waals surface area contributed by atoms with Gasteiger partial charge in [0, 0.05) is 38.9 Å². The topological polar surface area (TPSA) is 94.0 Å². The second-order valence-corrected chi connectivity index (χ2v) is 9.55. The van der Waals surface area contributed by atoms with Crippen molar-refractivity contribution in [1.82, 2.24) is 19.7 Å². The van der Waals surface area contributed by atoms with E-state index in [9.17, 15) is 0 Å². The first-order chi connectivity index (χ1) is 15.7. The Morgan fingerprint density at radius 2 is 1.88 bits per heavy atom. The molecule has 9 nitrogen and oxygen atoms in total. The minimum absolute atomic E-state index is 0.104. The Bertz CT molecular complexity index is 1160. The monoisotopic (exact) mass is 453 g/mol. The summed E-state index contributed by atoms with van der Waals surface area (Å²) in [5.74, 6) is 1.12. The van der Waals surface area contributed by atoms with Gasteiger partial charge in [-0.2, -0.15) is 5.10 Å². The first-order valence-corrected chi connectivity index (χ1v) is 12.0. The molecule has 2 fully saturated rings. The van der Waals surface area contributed by atoms with Gasteiger partial charge in [-0.1, -0.05) is 17.4 Å². The number of nitrogens with two attached hydrogens (primary N) is 1. The van der Waals surface area contributed by atoms with E-state index in [4.69, 9.17) is 25.3 Å². The number of nitrogen functional groups attached to an aromatic ring is 1. The normalized spacial score (nSPS) is 22.8. The zero-order valence-electron chi connectivity index (χ0n) is 18.1. The lowest BCUT2D eigenvalue weighted by Gasteiger charge is -2.41. The van der Waals surface area contributed by atoms with E-state index in [1.54, 1.807) is 0 Å². The minimum atomic E-state index is -0.104. The average Bonchev–Trinajstić information content (AvgIpc) is 3.43. The van der Waals surface area contributed by atoms with E-state index < -0.39 is 0 Å². The van der Waals surface area contributed by atoms with Crippen LogP contribution in [0.5, 0.6) is 0 Å². The molecule has 0 saturated carbocycles. The summed E-state index contributed by atoms with van der Waals surface area (Å²) in [5, 5.41) is 5.44. The molecule has 2 aromatic heterocycles.